The third-order valence-corrected chi connectivity index (χ3v) is 7.42. The van der Waals surface area contributed by atoms with Crippen LogP contribution in [0.2, 0.25) is 0 Å². The molecule has 0 unspecified atom stereocenters. The molecule has 1 fully saturated rings. The number of hydrogen-bond acceptors (Lipinski definition) is 6. The van der Waals surface area contributed by atoms with Crippen molar-refractivity contribution in [2.45, 2.75) is 48.5 Å². The van der Waals surface area contributed by atoms with Crippen molar-refractivity contribution in [3.8, 4) is 0 Å². The topological polar surface area (TPSA) is 85.2 Å². The lowest BCUT2D eigenvalue weighted by molar-refractivity contribution is -0.129. The minimum atomic E-state index is -3.55. The molecule has 1 aromatic heterocycles. The van der Waals surface area contributed by atoms with Crippen LogP contribution in [0.5, 0.6) is 0 Å². The van der Waals surface area contributed by atoms with Crippen LogP contribution in [-0.2, 0) is 26.9 Å². The Labute approximate surface area is 176 Å². The van der Waals surface area contributed by atoms with Crippen LogP contribution >= 0.6 is 11.8 Å². The summed E-state index contributed by atoms with van der Waals surface area (Å²) < 4.78 is 27.3. The van der Waals surface area contributed by atoms with Gasteiger partial charge in [0.25, 0.3) is 0 Å². The zero-order valence-electron chi connectivity index (χ0n) is 16.6. The SMILES string of the molecule is C=CCn1c(CS(=O)(=O)c2ccc(C)cc2)nnc1SCC(=O)N1CCCCC1. The van der Waals surface area contributed by atoms with Crippen LogP contribution in [0.15, 0.2) is 47.0 Å². The van der Waals surface area contributed by atoms with Crippen LogP contribution in [0.25, 0.3) is 0 Å². The number of hydrogen-bond donors (Lipinski definition) is 0. The first-order valence-corrected chi connectivity index (χ1v) is 12.3. The Bertz CT molecular complexity index is 962. The van der Waals surface area contributed by atoms with Gasteiger partial charge in [-0.15, -0.1) is 16.8 Å². The number of carbonyl (C=O) groups is 1. The number of likely N-dealkylation sites (tertiary alicyclic amines) is 1. The molecule has 1 aliphatic rings. The largest absolute Gasteiger partial charge is 0.342 e. The fourth-order valence-corrected chi connectivity index (χ4v) is 5.35. The minimum Gasteiger partial charge on any atom is -0.342 e. The van der Waals surface area contributed by atoms with Crippen molar-refractivity contribution in [1.82, 2.24) is 19.7 Å². The third-order valence-electron chi connectivity index (χ3n) is 4.84. The van der Waals surface area contributed by atoms with E-state index in [1.54, 1.807) is 34.9 Å². The molecule has 2 aromatic rings. The van der Waals surface area contributed by atoms with E-state index in [1.807, 2.05) is 11.8 Å². The molecule has 0 saturated carbocycles. The second-order valence-electron chi connectivity index (χ2n) is 7.10. The number of sulfone groups is 1. The van der Waals surface area contributed by atoms with Gasteiger partial charge in [-0.2, -0.15) is 0 Å². The van der Waals surface area contributed by atoms with Crippen LogP contribution < -0.4 is 0 Å². The zero-order valence-corrected chi connectivity index (χ0v) is 18.2. The normalized spacial score (nSPS) is 14.7. The van der Waals surface area contributed by atoms with Gasteiger partial charge in [0.15, 0.2) is 15.0 Å². The second kappa shape index (κ2) is 9.58. The number of piperidine rings is 1. The standard InChI is InChI=1S/C20H26N4O3S2/c1-3-11-24-18(15-29(26,27)17-9-7-16(2)8-10-17)21-22-20(24)28-14-19(25)23-12-5-4-6-13-23/h3,7-10H,1,4-6,11-15H2,2H3. The summed E-state index contributed by atoms with van der Waals surface area (Å²) in [5.74, 6) is 0.437. The Hall–Kier alpha value is -2.13. The fraction of sp³-hybridized carbons (Fsp3) is 0.450. The van der Waals surface area contributed by atoms with Crippen LogP contribution in [0, 0.1) is 6.92 Å². The second-order valence-corrected chi connectivity index (χ2v) is 10.0. The number of nitrogens with zero attached hydrogens (tertiary/aromatic N) is 4. The van der Waals surface area contributed by atoms with Gasteiger partial charge < -0.3 is 9.47 Å². The maximum atomic E-state index is 12.8. The van der Waals surface area contributed by atoms with E-state index in [4.69, 9.17) is 0 Å². The van der Waals surface area contributed by atoms with E-state index in [0.29, 0.717) is 17.5 Å². The average molecular weight is 435 g/mol. The van der Waals surface area contributed by atoms with E-state index in [1.165, 1.54) is 18.2 Å². The summed E-state index contributed by atoms with van der Waals surface area (Å²) in [6.07, 6.45) is 4.93. The van der Waals surface area contributed by atoms with Crippen LogP contribution in [0.3, 0.4) is 0 Å². The summed E-state index contributed by atoms with van der Waals surface area (Å²) >= 11 is 1.29. The number of carbonyl (C=O) groups excluding carboxylic acids is 1. The molecule has 1 amide bonds. The molecule has 1 saturated heterocycles. The number of benzene rings is 1. The molecule has 7 nitrogen and oxygen atoms in total. The molecule has 3 rings (SSSR count). The van der Waals surface area contributed by atoms with Gasteiger partial charge in [0, 0.05) is 19.6 Å². The summed E-state index contributed by atoms with van der Waals surface area (Å²) in [4.78, 5) is 14.6. The maximum absolute atomic E-state index is 12.8. The molecule has 29 heavy (non-hydrogen) atoms. The number of aromatic nitrogens is 3. The molecule has 2 heterocycles. The number of amides is 1. The highest BCUT2D eigenvalue weighted by atomic mass is 32.2. The number of aryl methyl sites for hydroxylation is 1. The fourth-order valence-electron chi connectivity index (χ4n) is 3.20. The summed E-state index contributed by atoms with van der Waals surface area (Å²) in [5, 5.41) is 8.76. The monoisotopic (exact) mass is 434 g/mol. The van der Waals surface area contributed by atoms with E-state index in [0.717, 1.165) is 31.5 Å². The van der Waals surface area contributed by atoms with E-state index in [9.17, 15) is 13.2 Å². The Kier molecular flexibility index (Phi) is 7.13. The van der Waals surface area contributed by atoms with Gasteiger partial charge >= 0.3 is 0 Å². The minimum absolute atomic E-state index is 0.0803. The van der Waals surface area contributed by atoms with Gasteiger partial charge in [0.2, 0.25) is 5.91 Å². The molecule has 0 aliphatic carbocycles. The highest BCUT2D eigenvalue weighted by Crippen LogP contribution is 2.22. The van der Waals surface area contributed by atoms with Crippen LogP contribution in [0.1, 0.15) is 30.7 Å². The molecule has 1 aliphatic heterocycles. The van der Waals surface area contributed by atoms with E-state index in [2.05, 4.69) is 16.8 Å². The van der Waals surface area contributed by atoms with Crippen molar-refractivity contribution in [3.63, 3.8) is 0 Å². The quantitative estimate of drug-likeness (QED) is 0.469. The average Bonchev–Trinajstić information content (AvgIpc) is 3.08. The Morgan fingerprint density at radius 3 is 2.52 bits per heavy atom. The van der Waals surface area contributed by atoms with Gasteiger partial charge in [-0.25, -0.2) is 8.42 Å². The summed E-state index contributed by atoms with van der Waals surface area (Å²) in [5.41, 5.74) is 0.996. The predicted octanol–water partition coefficient (Wildman–Crippen LogP) is 2.85. The molecular weight excluding hydrogens is 408 g/mol. The molecule has 0 N–H and O–H groups in total. The van der Waals surface area contributed by atoms with Crippen molar-refractivity contribution >= 4 is 27.5 Å². The van der Waals surface area contributed by atoms with Crippen LogP contribution in [-0.4, -0.2) is 52.8 Å². The predicted molar refractivity (Wildman–Crippen MR) is 113 cm³/mol. The molecule has 156 valence electrons. The van der Waals surface area contributed by atoms with Crippen molar-refractivity contribution in [1.29, 1.82) is 0 Å². The highest BCUT2D eigenvalue weighted by Gasteiger charge is 2.23. The third kappa shape index (κ3) is 5.48. The Morgan fingerprint density at radius 1 is 1.17 bits per heavy atom. The van der Waals surface area contributed by atoms with E-state index >= 15 is 0 Å². The first-order chi connectivity index (χ1) is 13.9. The number of rotatable bonds is 8. The smallest absolute Gasteiger partial charge is 0.233 e. The van der Waals surface area contributed by atoms with Gasteiger partial charge in [-0.1, -0.05) is 35.5 Å². The Morgan fingerprint density at radius 2 is 1.86 bits per heavy atom. The molecule has 0 bridgehead atoms. The maximum Gasteiger partial charge on any atom is 0.233 e. The lowest BCUT2D eigenvalue weighted by Crippen LogP contribution is -2.36. The molecule has 1 aromatic carbocycles. The molecule has 9 heteroatoms. The molecule has 0 radical (unpaired) electrons. The highest BCUT2D eigenvalue weighted by molar-refractivity contribution is 7.99. The van der Waals surface area contributed by atoms with Crippen molar-refractivity contribution in [3.05, 3.63) is 48.3 Å². The van der Waals surface area contributed by atoms with Gasteiger partial charge in [0.05, 0.1) is 10.6 Å². The van der Waals surface area contributed by atoms with Gasteiger partial charge in [0.1, 0.15) is 11.6 Å². The van der Waals surface area contributed by atoms with Crippen molar-refractivity contribution in [2.75, 3.05) is 18.8 Å². The lowest BCUT2D eigenvalue weighted by Gasteiger charge is -2.26. The lowest BCUT2D eigenvalue weighted by atomic mass is 10.1. The molecule has 0 atom stereocenters. The van der Waals surface area contributed by atoms with Crippen molar-refractivity contribution < 1.29 is 13.2 Å². The molecular formula is C20H26N4O3S2. The number of thioether (sulfide) groups is 1. The first-order valence-electron chi connectivity index (χ1n) is 9.63. The van der Waals surface area contributed by atoms with Gasteiger partial charge in [-0.3, -0.25) is 4.79 Å². The first kappa shape index (κ1) is 21.6. The van der Waals surface area contributed by atoms with Crippen LogP contribution in [0.4, 0.5) is 0 Å². The Balaban J connectivity index is 1.73. The van der Waals surface area contributed by atoms with Crippen molar-refractivity contribution in [2.24, 2.45) is 0 Å². The number of allylic oxidation sites excluding steroid dienone is 1. The molecule has 0 spiro atoms. The summed E-state index contributed by atoms with van der Waals surface area (Å²) in [7, 11) is -3.55. The summed E-state index contributed by atoms with van der Waals surface area (Å²) in [6.45, 7) is 7.64. The van der Waals surface area contributed by atoms with E-state index < -0.39 is 9.84 Å². The van der Waals surface area contributed by atoms with Gasteiger partial charge in [-0.05, 0) is 38.3 Å². The summed E-state index contributed by atoms with van der Waals surface area (Å²) in [6, 6.07) is 6.75. The zero-order chi connectivity index (χ0) is 20.9. The van der Waals surface area contributed by atoms with E-state index in [-0.39, 0.29) is 22.3 Å².